The summed E-state index contributed by atoms with van der Waals surface area (Å²) in [6.07, 6.45) is 90.3. The average molecular weight is 968 g/mol. The molecule has 0 aliphatic carbocycles. The maximum Gasteiger partial charge on any atom is 0.0594 e. The summed E-state index contributed by atoms with van der Waals surface area (Å²) in [5.74, 6) is 0. The quantitative estimate of drug-likeness (QED) is 0.0421. The van der Waals surface area contributed by atoms with Gasteiger partial charge in [0.05, 0.1) is 24.6 Å². The molecule has 0 radical (unpaired) electrons. The molecule has 0 heterocycles. The van der Waals surface area contributed by atoms with Crippen LogP contribution in [0.4, 0.5) is 0 Å². The van der Waals surface area contributed by atoms with Crippen molar-refractivity contribution in [3.8, 4) is 0 Å². The molecule has 0 N–H and O–H groups in total. The Morgan fingerprint density at radius 1 is 0.136 bits per heavy atom. The van der Waals surface area contributed by atoms with Gasteiger partial charge in [-0.2, -0.15) is 0 Å². The van der Waals surface area contributed by atoms with Crippen LogP contribution < -0.4 is 12.4 Å². The molecular weight excluding hydrogens is 835 g/mol. The summed E-state index contributed by atoms with van der Waals surface area (Å²) in [7, 11) is -0.834. The van der Waals surface area contributed by atoms with Crippen molar-refractivity contribution in [1.82, 2.24) is 0 Å². The zero-order valence-corrected chi connectivity index (χ0v) is 48.9. The fourth-order valence-electron chi connectivity index (χ4n) is 11.2. The minimum atomic E-state index is -0.834. The second-order valence-electron chi connectivity index (χ2n) is 22.6. The molecule has 0 aromatic rings. The molecule has 0 aliphatic heterocycles. The van der Waals surface area contributed by atoms with Gasteiger partial charge in [-0.1, -0.05) is 336 Å². The number of rotatable bonds is 60. The van der Waals surface area contributed by atoms with Crippen LogP contribution in [0.1, 0.15) is 387 Å². The van der Waals surface area contributed by atoms with Crippen LogP contribution in [-0.2, 0) is 0 Å². The summed E-state index contributed by atoms with van der Waals surface area (Å²) >= 11 is 0. The van der Waals surface area contributed by atoms with Crippen LogP contribution in [0.2, 0.25) is 0 Å². The Bertz CT molecular complexity index is 677. The van der Waals surface area contributed by atoms with E-state index in [0.717, 1.165) is 0 Å². The molecule has 0 unspecified atom stereocenters. The van der Waals surface area contributed by atoms with Crippen molar-refractivity contribution >= 4 is 7.26 Å². The summed E-state index contributed by atoms with van der Waals surface area (Å²) in [5.41, 5.74) is 0. The normalized spacial score (nSPS) is 11.8. The van der Waals surface area contributed by atoms with E-state index in [4.69, 9.17) is 0 Å². The minimum absolute atomic E-state index is 0. The molecular formula is C64H132ClP. The molecule has 66 heavy (non-hydrogen) atoms. The molecule has 0 atom stereocenters. The topological polar surface area (TPSA) is 0 Å². The van der Waals surface area contributed by atoms with Gasteiger partial charge in [0.1, 0.15) is 0 Å². The lowest BCUT2D eigenvalue weighted by atomic mass is 10.0. The van der Waals surface area contributed by atoms with Crippen LogP contribution in [0.5, 0.6) is 0 Å². The summed E-state index contributed by atoms with van der Waals surface area (Å²) in [4.78, 5) is 0. The van der Waals surface area contributed by atoms with Crippen LogP contribution in [0.25, 0.3) is 0 Å². The third kappa shape index (κ3) is 55.6. The Balaban J connectivity index is 0. The highest BCUT2D eigenvalue weighted by atomic mass is 35.5. The molecule has 0 bridgehead atoms. The first kappa shape index (κ1) is 68.8. The Labute approximate surface area is 429 Å². The average Bonchev–Trinajstić information content (AvgIpc) is 3.32. The number of unbranched alkanes of at least 4 members (excludes halogenated alkanes) is 52. The van der Waals surface area contributed by atoms with Crippen molar-refractivity contribution in [3.05, 3.63) is 0 Å². The van der Waals surface area contributed by atoms with Crippen LogP contribution in [0.3, 0.4) is 0 Å². The molecule has 400 valence electrons. The Morgan fingerprint density at radius 2 is 0.227 bits per heavy atom. The van der Waals surface area contributed by atoms with E-state index in [2.05, 4.69) is 27.7 Å². The van der Waals surface area contributed by atoms with Crippen molar-refractivity contribution in [2.24, 2.45) is 0 Å². The van der Waals surface area contributed by atoms with E-state index >= 15 is 0 Å². The number of halogens is 1. The SMILES string of the molecule is CCCCCCCCCCCCCCCC[P+](CCCCCCCCCCCCCCCC)(CCCCCCCCCCCCCCCC)CCCCCCCCCCCCCCCC.[Cl-]. The van der Waals surface area contributed by atoms with Gasteiger partial charge in [0.2, 0.25) is 0 Å². The summed E-state index contributed by atoms with van der Waals surface area (Å²) in [5, 5.41) is 0. The van der Waals surface area contributed by atoms with E-state index in [9.17, 15) is 0 Å². The third-order valence-corrected chi connectivity index (χ3v) is 21.0. The molecule has 0 rings (SSSR count). The van der Waals surface area contributed by atoms with Crippen LogP contribution in [0.15, 0.2) is 0 Å². The molecule has 0 spiro atoms. The molecule has 0 nitrogen and oxygen atoms in total. The fraction of sp³-hybridized carbons (Fsp3) is 1.00. The van der Waals surface area contributed by atoms with Crippen molar-refractivity contribution in [3.63, 3.8) is 0 Å². The molecule has 0 amide bonds. The second-order valence-corrected chi connectivity index (χ2v) is 27.1. The Kier molecular flexibility index (Phi) is 64.5. The van der Waals surface area contributed by atoms with Crippen LogP contribution >= 0.6 is 7.26 Å². The largest absolute Gasteiger partial charge is 1.00 e. The van der Waals surface area contributed by atoms with E-state index in [0.29, 0.717) is 0 Å². The smallest absolute Gasteiger partial charge is 0.0594 e. The Hall–Kier alpha value is 0.720. The molecule has 0 aromatic heterocycles. The van der Waals surface area contributed by atoms with Crippen molar-refractivity contribution in [2.75, 3.05) is 24.6 Å². The lowest BCUT2D eigenvalue weighted by Crippen LogP contribution is -3.00. The first-order valence-electron chi connectivity index (χ1n) is 32.1. The van der Waals surface area contributed by atoms with Crippen molar-refractivity contribution in [2.45, 2.75) is 387 Å². The van der Waals surface area contributed by atoms with E-state index in [1.165, 1.54) is 334 Å². The molecule has 2 heteroatoms. The van der Waals surface area contributed by atoms with Gasteiger partial charge in [-0.15, -0.1) is 0 Å². The minimum Gasteiger partial charge on any atom is -1.00 e. The predicted octanol–water partition coefficient (Wildman–Crippen LogP) is 21.9. The van der Waals surface area contributed by atoms with Gasteiger partial charge in [0.15, 0.2) is 0 Å². The standard InChI is InChI=1S/C64H132P.ClH/c1-5-9-13-17-21-25-29-33-37-41-45-49-53-57-61-65(62-58-54-50-46-42-38-34-30-26-22-18-14-10-6-2,63-59-55-51-47-43-39-35-31-27-23-19-15-11-7-3)64-60-56-52-48-44-40-36-32-28-24-20-16-12-8-4;/h5-64H2,1-4H3;1H/q+1;/p-1. The lowest BCUT2D eigenvalue weighted by Gasteiger charge is -2.28. The van der Waals surface area contributed by atoms with Gasteiger partial charge in [0.25, 0.3) is 0 Å². The first-order valence-corrected chi connectivity index (χ1v) is 34.6. The maximum absolute atomic E-state index is 2.34. The number of hydrogen-bond acceptors (Lipinski definition) is 0. The van der Waals surface area contributed by atoms with E-state index in [1.807, 2.05) is 0 Å². The third-order valence-electron chi connectivity index (χ3n) is 15.9. The van der Waals surface area contributed by atoms with Gasteiger partial charge in [-0.05, 0) is 51.4 Å². The van der Waals surface area contributed by atoms with Crippen LogP contribution in [0, 0.1) is 0 Å². The molecule has 0 aromatic carbocycles. The monoisotopic (exact) mass is 967 g/mol. The maximum atomic E-state index is 2.34. The van der Waals surface area contributed by atoms with E-state index in [-0.39, 0.29) is 12.4 Å². The second kappa shape index (κ2) is 61.8. The number of hydrogen-bond donors (Lipinski definition) is 0. The van der Waals surface area contributed by atoms with Crippen LogP contribution in [-0.4, -0.2) is 24.6 Å². The lowest BCUT2D eigenvalue weighted by molar-refractivity contribution is -0.0000145. The highest BCUT2D eigenvalue weighted by molar-refractivity contribution is 7.75. The van der Waals surface area contributed by atoms with E-state index < -0.39 is 7.26 Å². The first-order chi connectivity index (χ1) is 32.2. The van der Waals surface area contributed by atoms with Gasteiger partial charge in [-0.25, -0.2) is 0 Å². The molecule has 0 saturated heterocycles. The molecule has 0 aliphatic rings. The fourth-order valence-corrected chi connectivity index (χ4v) is 16.2. The zero-order chi connectivity index (χ0) is 46.9. The van der Waals surface area contributed by atoms with Gasteiger partial charge in [-0.3, -0.25) is 0 Å². The van der Waals surface area contributed by atoms with Gasteiger partial charge >= 0.3 is 0 Å². The highest BCUT2D eigenvalue weighted by Crippen LogP contribution is 2.61. The zero-order valence-electron chi connectivity index (χ0n) is 47.3. The summed E-state index contributed by atoms with van der Waals surface area (Å²) < 4.78 is 0. The van der Waals surface area contributed by atoms with Gasteiger partial charge < -0.3 is 12.4 Å². The molecule has 0 saturated carbocycles. The predicted molar refractivity (Wildman–Crippen MR) is 308 cm³/mol. The molecule has 0 fully saturated rings. The van der Waals surface area contributed by atoms with E-state index in [1.54, 1.807) is 50.3 Å². The Morgan fingerprint density at radius 3 is 0.333 bits per heavy atom. The summed E-state index contributed by atoms with van der Waals surface area (Å²) in [6, 6.07) is 0. The van der Waals surface area contributed by atoms with Gasteiger partial charge in [0, 0.05) is 7.26 Å². The summed E-state index contributed by atoms with van der Waals surface area (Å²) in [6.45, 7) is 9.34. The highest BCUT2D eigenvalue weighted by Gasteiger charge is 2.35. The van der Waals surface area contributed by atoms with Crippen molar-refractivity contribution in [1.29, 1.82) is 0 Å². The van der Waals surface area contributed by atoms with Crippen molar-refractivity contribution < 1.29 is 12.4 Å².